The van der Waals surface area contributed by atoms with Crippen molar-refractivity contribution in [3.63, 3.8) is 0 Å². The average molecular weight is 306 g/mol. The number of nitrogens with zero attached hydrogens (tertiary/aromatic N) is 2. The van der Waals surface area contributed by atoms with Crippen molar-refractivity contribution in [1.82, 2.24) is 9.78 Å². The Kier molecular flexibility index (Phi) is 4.47. The van der Waals surface area contributed by atoms with E-state index in [9.17, 15) is 5.11 Å². The monoisotopic (exact) mass is 306 g/mol. The molecule has 1 heterocycles. The van der Waals surface area contributed by atoms with Crippen molar-refractivity contribution in [1.29, 1.82) is 0 Å². The first-order chi connectivity index (χ1) is 11.2. The molecule has 1 aromatic heterocycles. The lowest BCUT2D eigenvalue weighted by molar-refractivity contribution is 0.435. The number of aromatic nitrogens is 2. The standard InChI is InChI=1S/C20H22N2O/c1-3-4-10-18-19(16-13-11-15(2)12-14-16)20(23)22(21-18)17-8-6-5-7-9-17/h5-9,11-14,23H,3-4,10H2,1-2H3. The number of aromatic hydroxyl groups is 1. The van der Waals surface area contributed by atoms with E-state index in [2.05, 4.69) is 43.2 Å². The van der Waals surface area contributed by atoms with Crippen LogP contribution in [-0.4, -0.2) is 14.9 Å². The normalized spacial score (nSPS) is 10.9. The molecule has 0 saturated carbocycles. The zero-order chi connectivity index (χ0) is 16.2. The van der Waals surface area contributed by atoms with Gasteiger partial charge in [0.2, 0.25) is 5.88 Å². The lowest BCUT2D eigenvalue weighted by Gasteiger charge is -2.05. The molecular weight excluding hydrogens is 284 g/mol. The van der Waals surface area contributed by atoms with E-state index in [0.717, 1.165) is 41.8 Å². The largest absolute Gasteiger partial charge is 0.493 e. The number of hydrogen-bond acceptors (Lipinski definition) is 2. The summed E-state index contributed by atoms with van der Waals surface area (Å²) >= 11 is 0. The van der Waals surface area contributed by atoms with E-state index in [0.29, 0.717) is 0 Å². The Labute approximate surface area is 137 Å². The molecule has 0 spiro atoms. The smallest absolute Gasteiger partial charge is 0.222 e. The highest BCUT2D eigenvalue weighted by Gasteiger charge is 2.19. The topological polar surface area (TPSA) is 38.0 Å². The number of hydrogen-bond donors (Lipinski definition) is 1. The molecule has 1 N–H and O–H groups in total. The van der Waals surface area contributed by atoms with Gasteiger partial charge in [-0.1, -0.05) is 61.4 Å². The van der Waals surface area contributed by atoms with Crippen LogP contribution in [0, 0.1) is 6.92 Å². The summed E-state index contributed by atoms with van der Waals surface area (Å²) < 4.78 is 1.64. The van der Waals surface area contributed by atoms with E-state index >= 15 is 0 Å². The summed E-state index contributed by atoms with van der Waals surface area (Å²) in [5.41, 5.74) is 4.90. The highest BCUT2D eigenvalue weighted by molar-refractivity contribution is 5.72. The molecular formula is C20H22N2O. The molecule has 0 bridgehead atoms. The highest BCUT2D eigenvalue weighted by Crippen LogP contribution is 2.35. The van der Waals surface area contributed by atoms with Gasteiger partial charge in [-0.05, 0) is 37.5 Å². The maximum absolute atomic E-state index is 10.8. The third-order valence-corrected chi connectivity index (χ3v) is 4.04. The molecule has 3 aromatic rings. The number of aryl methyl sites for hydroxylation is 2. The maximum atomic E-state index is 10.8. The van der Waals surface area contributed by atoms with Crippen molar-refractivity contribution in [2.75, 3.05) is 0 Å². The van der Waals surface area contributed by atoms with Crippen molar-refractivity contribution < 1.29 is 5.11 Å². The fraction of sp³-hybridized carbons (Fsp3) is 0.250. The highest BCUT2D eigenvalue weighted by atomic mass is 16.3. The second kappa shape index (κ2) is 6.69. The second-order valence-electron chi connectivity index (χ2n) is 5.86. The Balaban J connectivity index is 2.12. The van der Waals surface area contributed by atoms with Gasteiger partial charge in [0.05, 0.1) is 16.9 Å². The van der Waals surface area contributed by atoms with Gasteiger partial charge >= 0.3 is 0 Å². The summed E-state index contributed by atoms with van der Waals surface area (Å²) in [6, 6.07) is 18.0. The zero-order valence-corrected chi connectivity index (χ0v) is 13.7. The summed E-state index contributed by atoms with van der Waals surface area (Å²) in [5, 5.41) is 15.5. The quantitative estimate of drug-likeness (QED) is 0.728. The van der Waals surface area contributed by atoms with Crippen LogP contribution in [0.3, 0.4) is 0 Å². The average Bonchev–Trinajstić information content (AvgIpc) is 2.91. The van der Waals surface area contributed by atoms with Gasteiger partial charge in [-0.3, -0.25) is 0 Å². The Morgan fingerprint density at radius 2 is 1.70 bits per heavy atom. The SMILES string of the molecule is CCCCc1nn(-c2ccccc2)c(O)c1-c1ccc(C)cc1. The molecule has 23 heavy (non-hydrogen) atoms. The minimum absolute atomic E-state index is 0.214. The fourth-order valence-electron chi connectivity index (χ4n) is 2.74. The van der Waals surface area contributed by atoms with Crippen molar-refractivity contribution in [3.8, 4) is 22.7 Å². The van der Waals surface area contributed by atoms with Crippen LogP contribution < -0.4 is 0 Å². The first-order valence-corrected chi connectivity index (χ1v) is 8.14. The molecule has 0 radical (unpaired) electrons. The van der Waals surface area contributed by atoms with Gasteiger partial charge in [0.25, 0.3) is 0 Å². The summed E-state index contributed by atoms with van der Waals surface area (Å²) in [6.45, 7) is 4.23. The van der Waals surface area contributed by atoms with Crippen molar-refractivity contribution in [3.05, 3.63) is 65.9 Å². The zero-order valence-electron chi connectivity index (χ0n) is 13.7. The first kappa shape index (κ1) is 15.3. The first-order valence-electron chi connectivity index (χ1n) is 8.14. The second-order valence-corrected chi connectivity index (χ2v) is 5.86. The minimum atomic E-state index is 0.214. The molecule has 3 rings (SSSR count). The van der Waals surface area contributed by atoms with Crippen LogP contribution >= 0.6 is 0 Å². The van der Waals surface area contributed by atoms with Crippen molar-refractivity contribution >= 4 is 0 Å². The molecule has 118 valence electrons. The van der Waals surface area contributed by atoms with Crippen LogP contribution in [0.15, 0.2) is 54.6 Å². The molecule has 2 aromatic carbocycles. The van der Waals surface area contributed by atoms with Gasteiger partial charge in [-0.15, -0.1) is 0 Å². The summed E-state index contributed by atoms with van der Waals surface area (Å²) in [6.07, 6.45) is 3.03. The molecule has 0 amide bonds. The molecule has 3 nitrogen and oxygen atoms in total. The predicted molar refractivity (Wildman–Crippen MR) is 94.0 cm³/mol. The number of benzene rings is 2. The van der Waals surface area contributed by atoms with Crippen LogP contribution in [0.25, 0.3) is 16.8 Å². The number of rotatable bonds is 5. The Bertz CT molecular complexity index is 773. The van der Waals surface area contributed by atoms with Gasteiger partial charge in [0.15, 0.2) is 0 Å². The van der Waals surface area contributed by atoms with Crippen LogP contribution in [0.5, 0.6) is 5.88 Å². The summed E-state index contributed by atoms with van der Waals surface area (Å²) in [7, 11) is 0. The number of para-hydroxylation sites is 1. The third-order valence-electron chi connectivity index (χ3n) is 4.04. The molecule has 0 unspecified atom stereocenters. The molecule has 0 aliphatic carbocycles. The molecule has 0 fully saturated rings. The van der Waals surface area contributed by atoms with E-state index in [1.165, 1.54) is 5.56 Å². The molecule has 0 aliphatic rings. The maximum Gasteiger partial charge on any atom is 0.222 e. The van der Waals surface area contributed by atoms with Crippen LogP contribution in [0.2, 0.25) is 0 Å². The fourth-order valence-corrected chi connectivity index (χ4v) is 2.74. The third kappa shape index (κ3) is 3.14. The molecule has 0 aliphatic heterocycles. The van der Waals surface area contributed by atoms with Gasteiger partial charge in [-0.2, -0.15) is 5.10 Å². The van der Waals surface area contributed by atoms with E-state index < -0.39 is 0 Å². The minimum Gasteiger partial charge on any atom is -0.493 e. The van der Waals surface area contributed by atoms with E-state index in [1.807, 2.05) is 30.3 Å². The van der Waals surface area contributed by atoms with Gasteiger partial charge in [0, 0.05) is 0 Å². The number of unbranched alkanes of at least 4 members (excludes halogenated alkanes) is 1. The van der Waals surface area contributed by atoms with E-state index in [1.54, 1.807) is 4.68 Å². The van der Waals surface area contributed by atoms with Gasteiger partial charge in [0.1, 0.15) is 0 Å². The summed E-state index contributed by atoms with van der Waals surface area (Å²) in [5.74, 6) is 0.214. The molecule has 3 heteroatoms. The van der Waals surface area contributed by atoms with Gasteiger partial charge in [-0.25, -0.2) is 4.68 Å². The summed E-state index contributed by atoms with van der Waals surface area (Å²) in [4.78, 5) is 0. The van der Waals surface area contributed by atoms with Gasteiger partial charge < -0.3 is 5.11 Å². The van der Waals surface area contributed by atoms with E-state index in [4.69, 9.17) is 0 Å². The lowest BCUT2D eigenvalue weighted by atomic mass is 10.0. The Morgan fingerprint density at radius 3 is 2.35 bits per heavy atom. The van der Waals surface area contributed by atoms with Crippen LogP contribution in [-0.2, 0) is 6.42 Å². The lowest BCUT2D eigenvalue weighted by Crippen LogP contribution is -1.96. The molecule has 0 saturated heterocycles. The molecule has 0 atom stereocenters. The van der Waals surface area contributed by atoms with Crippen LogP contribution in [0.4, 0.5) is 0 Å². The van der Waals surface area contributed by atoms with Crippen molar-refractivity contribution in [2.24, 2.45) is 0 Å². The van der Waals surface area contributed by atoms with Crippen molar-refractivity contribution in [2.45, 2.75) is 33.1 Å². The Hall–Kier alpha value is -2.55. The van der Waals surface area contributed by atoms with Crippen LogP contribution in [0.1, 0.15) is 31.0 Å². The van der Waals surface area contributed by atoms with E-state index in [-0.39, 0.29) is 5.88 Å². The Morgan fingerprint density at radius 1 is 1.00 bits per heavy atom. The predicted octanol–water partition coefficient (Wildman–Crippen LogP) is 4.90.